The van der Waals surface area contributed by atoms with Gasteiger partial charge in [-0.1, -0.05) is 36.4 Å². The number of ether oxygens (including phenoxy) is 3. The monoisotopic (exact) mass is 557 g/mol. The maximum absolute atomic E-state index is 12.5. The van der Waals surface area contributed by atoms with Gasteiger partial charge < -0.3 is 19.9 Å². The molecule has 0 atom stereocenters. The van der Waals surface area contributed by atoms with Crippen LogP contribution in [-0.2, 0) is 16.1 Å². The molecule has 1 amide bonds. The lowest BCUT2D eigenvalue weighted by molar-refractivity contribution is 0.00520. The van der Waals surface area contributed by atoms with E-state index in [9.17, 15) is 4.79 Å². The van der Waals surface area contributed by atoms with Crippen LogP contribution in [0.3, 0.4) is 0 Å². The van der Waals surface area contributed by atoms with Crippen LogP contribution in [0.25, 0.3) is 22.3 Å². The molecule has 2 fully saturated rings. The second-order valence-electron chi connectivity index (χ2n) is 10.5. The zero-order chi connectivity index (χ0) is 28.2. The normalized spacial score (nSPS) is 19.6. The van der Waals surface area contributed by atoms with Crippen molar-refractivity contribution in [3.8, 4) is 17.0 Å². The molecule has 0 unspecified atom stereocenters. The van der Waals surface area contributed by atoms with E-state index in [2.05, 4.69) is 20.2 Å². The van der Waals surface area contributed by atoms with Gasteiger partial charge in [0.25, 0.3) is 0 Å². The first kappa shape index (κ1) is 27.0. The molecule has 0 radical (unpaired) electrons. The molecule has 0 bridgehead atoms. The third-order valence-electron chi connectivity index (χ3n) is 8.02. The fourth-order valence-electron chi connectivity index (χ4n) is 5.87. The molecular formula is C30H35N7O4. The van der Waals surface area contributed by atoms with Crippen molar-refractivity contribution in [1.82, 2.24) is 24.6 Å². The molecule has 3 N–H and O–H groups in total. The number of anilines is 2. The van der Waals surface area contributed by atoms with Crippen molar-refractivity contribution in [1.29, 1.82) is 0 Å². The van der Waals surface area contributed by atoms with E-state index in [1.807, 2.05) is 47.1 Å². The number of fused-ring (bicyclic) bond motifs is 1. The fraction of sp³-hybridized carbons (Fsp3) is 0.400. The average molecular weight is 558 g/mol. The molecule has 41 heavy (non-hydrogen) atoms. The second-order valence-corrected chi connectivity index (χ2v) is 10.5. The Morgan fingerprint density at radius 2 is 1.80 bits per heavy atom. The molecule has 1 aliphatic heterocycles. The Hall–Kier alpha value is -4.22. The molecular weight excluding hydrogens is 522 g/mol. The van der Waals surface area contributed by atoms with Gasteiger partial charge in [-0.2, -0.15) is 5.10 Å². The summed E-state index contributed by atoms with van der Waals surface area (Å²) in [5.41, 5.74) is 9.97. The van der Waals surface area contributed by atoms with E-state index in [-0.39, 0.29) is 12.6 Å². The smallest absolute Gasteiger partial charge is 0.412 e. The molecule has 11 heteroatoms. The minimum atomic E-state index is -0.569. The first-order valence-corrected chi connectivity index (χ1v) is 14.1. The van der Waals surface area contributed by atoms with Crippen LogP contribution >= 0.6 is 0 Å². The minimum absolute atomic E-state index is 0.171. The lowest BCUT2D eigenvalue weighted by atomic mass is 9.90. The number of methoxy groups -OCH3 is 1. The molecule has 3 heterocycles. The van der Waals surface area contributed by atoms with Crippen molar-refractivity contribution >= 4 is 28.6 Å². The molecule has 1 saturated heterocycles. The molecule has 2 aromatic carbocycles. The number of carbonyl (C=O) groups excluding carboxylic acids is 1. The summed E-state index contributed by atoms with van der Waals surface area (Å²) in [6, 6.07) is 15.8. The number of aromatic nitrogens is 4. The van der Waals surface area contributed by atoms with Gasteiger partial charge in [0.2, 0.25) is 0 Å². The summed E-state index contributed by atoms with van der Waals surface area (Å²) in [5.74, 6) is 0.854. The molecule has 1 saturated carbocycles. The summed E-state index contributed by atoms with van der Waals surface area (Å²) in [5, 5.41) is 8.53. The predicted molar refractivity (Wildman–Crippen MR) is 156 cm³/mol. The lowest BCUT2D eigenvalue weighted by Gasteiger charge is -2.38. The molecule has 2 aliphatic rings. The number of hydrogen-bond donors (Lipinski definition) is 2. The van der Waals surface area contributed by atoms with Crippen molar-refractivity contribution in [2.45, 2.75) is 44.4 Å². The van der Waals surface area contributed by atoms with Crippen molar-refractivity contribution in [2.75, 3.05) is 44.5 Å². The number of rotatable bonds is 7. The second kappa shape index (κ2) is 12.1. The Morgan fingerprint density at radius 3 is 2.56 bits per heavy atom. The van der Waals surface area contributed by atoms with Crippen LogP contribution in [0.4, 0.5) is 16.3 Å². The maximum atomic E-state index is 12.5. The van der Waals surface area contributed by atoms with Crippen LogP contribution in [0.1, 0.15) is 37.3 Å². The van der Waals surface area contributed by atoms with Crippen molar-refractivity contribution in [2.24, 2.45) is 0 Å². The number of benzene rings is 2. The van der Waals surface area contributed by atoms with Gasteiger partial charge in [0.05, 0.1) is 37.4 Å². The van der Waals surface area contributed by atoms with Crippen molar-refractivity contribution in [3.05, 3.63) is 60.4 Å². The topological polar surface area (TPSA) is 130 Å². The Kier molecular flexibility index (Phi) is 7.97. The number of nitrogens with one attached hydrogen (secondary N) is 1. The number of nitrogen functional groups attached to an aromatic ring is 1. The number of carbonyl (C=O) groups is 1. The van der Waals surface area contributed by atoms with E-state index < -0.39 is 6.09 Å². The highest BCUT2D eigenvalue weighted by atomic mass is 16.5. The molecule has 1 aliphatic carbocycles. The molecule has 6 rings (SSSR count). The first-order valence-electron chi connectivity index (χ1n) is 14.1. The number of amides is 1. The molecule has 11 nitrogen and oxygen atoms in total. The van der Waals surface area contributed by atoms with Crippen LogP contribution in [0.2, 0.25) is 0 Å². The Labute approximate surface area is 238 Å². The van der Waals surface area contributed by atoms with Gasteiger partial charge in [-0.05, 0) is 43.4 Å². The largest absolute Gasteiger partial charge is 0.495 e. The van der Waals surface area contributed by atoms with Crippen LogP contribution < -0.4 is 15.8 Å². The maximum Gasteiger partial charge on any atom is 0.412 e. The Morgan fingerprint density at radius 1 is 1.05 bits per heavy atom. The van der Waals surface area contributed by atoms with Crippen LogP contribution in [0, 0.1) is 0 Å². The van der Waals surface area contributed by atoms with E-state index in [1.165, 1.54) is 6.33 Å². The third-order valence-corrected chi connectivity index (χ3v) is 8.02. The first-order chi connectivity index (χ1) is 20.1. The molecule has 2 aromatic heterocycles. The zero-order valence-electron chi connectivity index (χ0n) is 23.2. The van der Waals surface area contributed by atoms with E-state index in [1.54, 1.807) is 13.2 Å². The average Bonchev–Trinajstić information content (AvgIpc) is 3.42. The van der Waals surface area contributed by atoms with Gasteiger partial charge in [-0.3, -0.25) is 10.2 Å². The van der Waals surface area contributed by atoms with Gasteiger partial charge in [0, 0.05) is 24.7 Å². The van der Waals surface area contributed by atoms with Crippen LogP contribution in [0.15, 0.2) is 54.9 Å². The Balaban J connectivity index is 1.22. The number of nitrogens with zero attached hydrogens (tertiary/aromatic N) is 5. The van der Waals surface area contributed by atoms with Gasteiger partial charge >= 0.3 is 6.09 Å². The Bertz CT molecular complexity index is 1500. The number of nitrogens with two attached hydrogens (primary N) is 1. The van der Waals surface area contributed by atoms with Crippen LogP contribution in [-0.4, -0.2) is 70.2 Å². The molecule has 4 aromatic rings. The summed E-state index contributed by atoms with van der Waals surface area (Å²) in [6.45, 7) is 3.81. The highest BCUT2D eigenvalue weighted by molar-refractivity contribution is 5.99. The molecule has 0 spiro atoms. The summed E-state index contributed by atoms with van der Waals surface area (Å²) in [6.07, 6.45) is 5.17. The predicted octanol–water partition coefficient (Wildman–Crippen LogP) is 4.65. The summed E-state index contributed by atoms with van der Waals surface area (Å²) < 4.78 is 18.6. The quantitative estimate of drug-likeness (QED) is 0.333. The standard InChI is InChI=1S/C30H35N7O4/c1-39-25-17-21(7-12-24(25)34-30(38)41-18-20-5-3-2-4-6-20)27-26-28(31)32-19-33-29(26)37(35-27)23-10-8-22(9-11-23)36-13-15-40-16-14-36/h2-7,12,17,19,22-23H,8-11,13-16,18H2,1H3,(H,34,38)(H2,31,32,33). The van der Waals surface area contributed by atoms with Crippen molar-refractivity contribution in [3.63, 3.8) is 0 Å². The van der Waals surface area contributed by atoms with Gasteiger partial charge in [-0.15, -0.1) is 0 Å². The summed E-state index contributed by atoms with van der Waals surface area (Å²) in [4.78, 5) is 23.9. The van der Waals surface area contributed by atoms with E-state index >= 15 is 0 Å². The van der Waals surface area contributed by atoms with Gasteiger partial charge in [0.1, 0.15) is 30.2 Å². The fourth-order valence-corrected chi connectivity index (χ4v) is 5.87. The van der Waals surface area contributed by atoms with E-state index in [4.69, 9.17) is 25.0 Å². The zero-order valence-corrected chi connectivity index (χ0v) is 23.2. The summed E-state index contributed by atoms with van der Waals surface area (Å²) >= 11 is 0. The highest BCUT2D eigenvalue weighted by Crippen LogP contribution is 2.39. The van der Waals surface area contributed by atoms with Gasteiger partial charge in [-0.25, -0.2) is 19.4 Å². The van der Waals surface area contributed by atoms with Crippen molar-refractivity contribution < 1.29 is 19.0 Å². The van der Waals surface area contributed by atoms with Crippen LogP contribution in [0.5, 0.6) is 5.75 Å². The lowest BCUT2D eigenvalue weighted by Crippen LogP contribution is -2.45. The number of hydrogen-bond acceptors (Lipinski definition) is 9. The van der Waals surface area contributed by atoms with Gasteiger partial charge in [0.15, 0.2) is 5.65 Å². The summed E-state index contributed by atoms with van der Waals surface area (Å²) in [7, 11) is 1.56. The minimum Gasteiger partial charge on any atom is -0.495 e. The van der Waals surface area contributed by atoms with E-state index in [0.29, 0.717) is 34.4 Å². The molecule has 214 valence electrons. The third kappa shape index (κ3) is 5.82. The highest BCUT2D eigenvalue weighted by Gasteiger charge is 2.30. The SMILES string of the molecule is COc1cc(-c2nn(C3CCC(N4CCOCC4)CC3)c3ncnc(N)c23)ccc1NC(=O)OCc1ccccc1. The number of morpholine rings is 1. The van der Waals surface area contributed by atoms with E-state index in [0.717, 1.165) is 68.8 Å².